The molecule has 8 nitrogen and oxygen atoms in total. The van der Waals surface area contributed by atoms with Crippen molar-refractivity contribution in [2.24, 2.45) is 0 Å². The molecule has 0 aliphatic carbocycles. The van der Waals surface area contributed by atoms with Gasteiger partial charge in [-0.2, -0.15) is 0 Å². The molecule has 2 N–H and O–H groups in total. The highest BCUT2D eigenvalue weighted by Crippen LogP contribution is 2.32. The first-order valence-corrected chi connectivity index (χ1v) is 12.7. The Labute approximate surface area is 212 Å². The van der Waals surface area contributed by atoms with Crippen LogP contribution in [0.4, 0.5) is 20.2 Å². The van der Waals surface area contributed by atoms with Crippen LogP contribution in [0.25, 0.3) is 0 Å². The van der Waals surface area contributed by atoms with Crippen LogP contribution in [0.15, 0.2) is 47.9 Å². The number of sulfonamides is 1. The van der Waals surface area contributed by atoms with Gasteiger partial charge in [-0.1, -0.05) is 6.08 Å². The maximum atomic E-state index is 15.2. The molecule has 0 radical (unpaired) electrons. The van der Waals surface area contributed by atoms with E-state index in [4.69, 9.17) is 4.84 Å². The molecule has 2 aromatic carbocycles. The fourth-order valence-corrected chi connectivity index (χ4v) is 4.54. The zero-order valence-corrected chi connectivity index (χ0v) is 22.0. The summed E-state index contributed by atoms with van der Waals surface area (Å²) in [6, 6.07) is 7.48. The molecule has 0 aliphatic heterocycles. The number of halogens is 3. The normalized spacial score (nSPS) is 11.6. The second kappa shape index (κ2) is 12.5. The molecule has 1 amide bonds. The van der Waals surface area contributed by atoms with Crippen molar-refractivity contribution in [1.29, 1.82) is 0 Å². The Morgan fingerprint density at radius 1 is 1.15 bits per heavy atom. The van der Waals surface area contributed by atoms with Crippen molar-refractivity contribution >= 4 is 49.9 Å². The number of nitrogens with one attached hydrogen (secondary N) is 2. The van der Waals surface area contributed by atoms with E-state index in [9.17, 15) is 13.2 Å². The molecule has 186 valence electrons. The molecule has 0 heterocycles. The minimum atomic E-state index is -4.43. The summed E-state index contributed by atoms with van der Waals surface area (Å²) in [4.78, 5) is 18.6. The van der Waals surface area contributed by atoms with Crippen LogP contribution in [0, 0.1) is 15.2 Å². The van der Waals surface area contributed by atoms with Crippen LogP contribution in [-0.2, 0) is 14.9 Å². The lowest BCUT2D eigenvalue weighted by Crippen LogP contribution is -2.31. The number of benzene rings is 2. The van der Waals surface area contributed by atoms with E-state index >= 15 is 8.78 Å². The van der Waals surface area contributed by atoms with E-state index in [2.05, 4.69) is 40.0 Å². The quantitative estimate of drug-likeness (QED) is 0.165. The summed E-state index contributed by atoms with van der Waals surface area (Å²) in [7, 11) is 0.509. The van der Waals surface area contributed by atoms with E-state index in [0.29, 0.717) is 18.7 Å². The van der Waals surface area contributed by atoms with Crippen LogP contribution in [-0.4, -0.2) is 64.4 Å². The number of carbonyl (C=O) groups is 1. The highest BCUT2D eigenvalue weighted by atomic mass is 127. The van der Waals surface area contributed by atoms with E-state index in [1.54, 1.807) is 24.3 Å². The molecule has 0 saturated heterocycles. The molecular weight excluding hydrogens is 581 g/mol. The maximum absolute atomic E-state index is 15.2. The predicted octanol–water partition coefficient (Wildman–Crippen LogP) is 3.73. The topological polar surface area (TPSA) is 91.0 Å². The smallest absolute Gasteiger partial charge is 0.277 e. The first-order valence-electron chi connectivity index (χ1n) is 10.2. The number of carbonyl (C=O) groups excluding carboxylic acids is 1. The van der Waals surface area contributed by atoms with Crippen molar-refractivity contribution < 1.29 is 26.8 Å². The molecule has 2 aromatic rings. The van der Waals surface area contributed by atoms with Crippen molar-refractivity contribution in [2.75, 3.05) is 46.2 Å². The average molecular weight is 608 g/mol. The number of hydrogen-bond acceptors (Lipinski definition) is 6. The summed E-state index contributed by atoms with van der Waals surface area (Å²) in [5.41, 5.74) is 1.49. The van der Waals surface area contributed by atoms with E-state index in [1.807, 2.05) is 19.0 Å². The summed E-state index contributed by atoms with van der Waals surface area (Å²) >= 11 is 2.08. The Morgan fingerprint density at radius 3 is 2.38 bits per heavy atom. The fourth-order valence-electron chi connectivity index (χ4n) is 2.89. The monoisotopic (exact) mass is 608 g/mol. The molecule has 34 heavy (non-hydrogen) atoms. The molecule has 0 aliphatic rings. The largest absolute Gasteiger partial charge is 0.352 e. The van der Waals surface area contributed by atoms with Gasteiger partial charge in [0.05, 0.1) is 17.9 Å². The van der Waals surface area contributed by atoms with Crippen molar-refractivity contribution in [3.63, 3.8) is 0 Å². The Balaban J connectivity index is 2.53. The molecule has 0 atom stereocenters. The van der Waals surface area contributed by atoms with Crippen LogP contribution in [0.3, 0.4) is 0 Å². The van der Waals surface area contributed by atoms with Crippen LogP contribution in [0.5, 0.6) is 0 Å². The third kappa shape index (κ3) is 7.18. The summed E-state index contributed by atoms with van der Waals surface area (Å²) in [6.07, 6.45) is 1.84. The number of rotatable bonds is 12. The SMILES string of the molecule is C=CCONC(=O)c1cc(S(=O)(=O)N(C)CCCN(C)C)c(F)c(F)c1Nc1ccc(I)cc1. The van der Waals surface area contributed by atoms with Crippen molar-refractivity contribution in [3.05, 3.63) is 63.8 Å². The number of anilines is 2. The van der Waals surface area contributed by atoms with Crippen molar-refractivity contribution in [2.45, 2.75) is 11.3 Å². The molecule has 12 heteroatoms. The van der Waals surface area contributed by atoms with Gasteiger partial charge in [-0.25, -0.2) is 27.0 Å². The maximum Gasteiger partial charge on any atom is 0.277 e. The predicted molar refractivity (Wildman–Crippen MR) is 135 cm³/mol. The molecule has 0 bridgehead atoms. The summed E-state index contributed by atoms with van der Waals surface area (Å²) in [5, 5.41) is 2.67. The molecule has 0 spiro atoms. The highest BCUT2D eigenvalue weighted by molar-refractivity contribution is 14.1. The minimum absolute atomic E-state index is 0.0466. The van der Waals surface area contributed by atoms with E-state index in [-0.39, 0.29) is 13.2 Å². The van der Waals surface area contributed by atoms with Gasteiger partial charge in [-0.15, -0.1) is 6.58 Å². The van der Waals surface area contributed by atoms with Crippen molar-refractivity contribution in [3.8, 4) is 0 Å². The van der Waals surface area contributed by atoms with E-state index < -0.39 is 43.7 Å². The zero-order valence-electron chi connectivity index (χ0n) is 19.1. The first kappa shape index (κ1) is 28.1. The van der Waals surface area contributed by atoms with Crippen LogP contribution >= 0.6 is 22.6 Å². The Hall–Kier alpha value is -2.13. The van der Waals surface area contributed by atoms with Crippen LogP contribution in [0.1, 0.15) is 16.8 Å². The Bertz CT molecular complexity index is 1130. The van der Waals surface area contributed by atoms with Gasteiger partial charge in [0.25, 0.3) is 5.91 Å². The molecule has 0 fully saturated rings. The van der Waals surface area contributed by atoms with Gasteiger partial charge in [0.15, 0.2) is 11.6 Å². The number of hydrogen-bond donors (Lipinski definition) is 2. The Kier molecular flexibility index (Phi) is 10.4. The number of hydroxylamine groups is 1. The van der Waals surface area contributed by atoms with E-state index in [1.165, 1.54) is 13.1 Å². The van der Waals surface area contributed by atoms with Gasteiger partial charge < -0.3 is 10.2 Å². The molecular formula is C22H27F2IN4O4S. The van der Waals surface area contributed by atoms with Gasteiger partial charge in [-0.3, -0.25) is 9.63 Å². The van der Waals surface area contributed by atoms with Crippen LogP contribution in [0.2, 0.25) is 0 Å². The standard InChI is InChI=1S/C22H27F2IN4O4S/c1-5-13-33-27-22(30)17-14-18(34(31,32)29(4)12-6-11-28(2)3)19(23)20(24)21(17)26-16-9-7-15(25)8-10-16/h5,7-10,14,26H,1,6,11-13H2,2-4H3,(H,27,30). The highest BCUT2D eigenvalue weighted by Gasteiger charge is 2.31. The number of nitrogens with zero attached hydrogens (tertiary/aromatic N) is 2. The zero-order chi connectivity index (χ0) is 25.5. The lowest BCUT2D eigenvalue weighted by Gasteiger charge is -2.21. The third-order valence-electron chi connectivity index (χ3n) is 4.66. The third-order valence-corrected chi connectivity index (χ3v) is 7.24. The first-order chi connectivity index (χ1) is 16.0. The average Bonchev–Trinajstić information content (AvgIpc) is 2.78. The minimum Gasteiger partial charge on any atom is -0.352 e. The van der Waals surface area contributed by atoms with Gasteiger partial charge in [0, 0.05) is 22.8 Å². The van der Waals surface area contributed by atoms with Gasteiger partial charge >= 0.3 is 0 Å². The lowest BCUT2D eigenvalue weighted by atomic mass is 10.1. The number of amides is 1. The Morgan fingerprint density at radius 2 is 1.79 bits per heavy atom. The molecule has 0 aromatic heterocycles. The van der Waals surface area contributed by atoms with Crippen molar-refractivity contribution in [1.82, 2.24) is 14.7 Å². The van der Waals surface area contributed by atoms with Gasteiger partial charge in [0.1, 0.15) is 4.90 Å². The second-order valence-corrected chi connectivity index (χ2v) is 10.8. The second-order valence-electron chi connectivity index (χ2n) is 7.57. The van der Waals surface area contributed by atoms with Gasteiger partial charge in [0.2, 0.25) is 10.0 Å². The van der Waals surface area contributed by atoms with Crippen LogP contribution < -0.4 is 10.8 Å². The summed E-state index contributed by atoms with van der Waals surface area (Å²) in [5.74, 6) is -4.05. The fraction of sp³-hybridized carbons (Fsp3) is 0.318. The van der Waals surface area contributed by atoms with E-state index in [0.717, 1.165) is 13.9 Å². The molecule has 0 saturated carbocycles. The lowest BCUT2D eigenvalue weighted by molar-refractivity contribution is 0.0422. The molecule has 2 rings (SSSR count). The van der Waals surface area contributed by atoms with Gasteiger partial charge in [-0.05, 0) is 80.0 Å². The molecule has 0 unspecified atom stereocenters. The summed E-state index contributed by atoms with van der Waals surface area (Å²) < 4.78 is 58.2. The summed E-state index contributed by atoms with van der Waals surface area (Å²) in [6.45, 7) is 4.08.